The van der Waals surface area contributed by atoms with E-state index in [-0.39, 0.29) is 6.04 Å². The molecule has 2 heterocycles. The van der Waals surface area contributed by atoms with Gasteiger partial charge in [0.05, 0.1) is 10.6 Å². The number of rotatable bonds is 7. The van der Waals surface area contributed by atoms with Gasteiger partial charge in [0.1, 0.15) is 0 Å². The number of aryl methyl sites for hydroxylation is 2. The first kappa shape index (κ1) is 17.3. The van der Waals surface area contributed by atoms with Crippen molar-refractivity contribution >= 4 is 26.5 Å². The summed E-state index contributed by atoms with van der Waals surface area (Å²) in [6.07, 6.45) is 1.85. The Morgan fingerprint density at radius 2 is 2.04 bits per heavy atom. The average Bonchev–Trinajstić information content (AvgIpc) is 2.91. The van der Waals surface area contributed by atoms with Crippen LogP contribution in [-0.4, -0.2) is 43.4 Å². The minimum Gasteiger partial charge on any atom is -0.375 e. The quantitative estimate of drug-likeness (QED) is 0.727. The second-order valence-electron chi connectivity index (χ2n) is 6.07. The van der Waals surface area contributed by atoms with Crippen molar-refractivity contribution in [1.29, 1.82) is 0 Å². The number of hydrogen-bond donors (Lipinski definition) is 2. The van der Waals surface area contributed by atoms with E-state index < -0.39 is 10.0 Å². The van der Waals surface area contributed by atoms with Crippen LogP contribution in [0.4, 0.5) is 5.13 Å². The van der Waals surface area contributed by atoms with Gasteiger partial charge in [-0.3, -0.25) is 0 Å². The number of nitrogen functional groups attached to an aromatic ring is 1. The Kier molecular flexibility index (Phi) is 5.19. The van der Waals surface area contributed by atoms with Crippen LogP contribution >= 0.6 is 11.3 Å². The van der Waals surface area contributed by atoms with Gasteiger partial charge in [-0.1, -0.05) is 17.7 Å². The number of hydrogen-bond acceptors (Lipinski definition) is 6. The van der Waals surface area contributed by atoms with Gasteiger partial charge in [-0.2, -0.15) is 4.31 Å². The second-order valence-corrected chi connectivity index (χ2v) is 8.89. The summed E-state index contributed by atoms with van der Waals surface area (Å²) in [5.74, 6) is 0. The maximum absolute atomic E-state index is 12.5. The van der Waals surface area contributed by atoms with Crippen LogP contribution < -0.4 is 11.1 Å². The largest absolute Gasteiger partial charge is 0.375 e. The third-order valence-corrected chi connectivity index (χ3v) is 6.69. The van der Waals surface area contributed by atoms with E-state index in [9.17, 15) is 8.42 Å². The smallest absolute Gasteiger partial charge is 0.243 e. The highest BCUT2D eigenvalue weighted by atomic mass is 32.2. The third-order valence-electron chi connectivity index (χ3n) is 4.12. The minimum absolute atomic E-state index is 0.228. The van der Waals surface area contributed by atoms with E-state index >= 15 is 0 Å². The molecule has 1 aromatic heterocycles. The van der Waals surface area contributed by atoms with Gasteiger partial charge in [0.2, 0.25) is 10.0 Å². The first-order valence-electron chi connectivity index (χ1n) is 7.95. The van der Waals surface area contributed by atoms with Crippen LogP contribution in [0.2, 0.25) is 0 Å². The topological polar surface area (TPSA) is 88.3 Å². The fourth-order valence-corrected chi connectivity index (χ4v) is 4.76. The Labute approximate surface area is 146 Å². The maximum Gasteiger partial charge on any atom is 0.243 e. The predicted molar refractivity (Wildman–Crippen MR) is 96.6 cm³/mol. The molecule has 24 heavy (non-hydrogen) atoms. The van der Waals surface area contributed by atoms with E-state index in [1.54, 1.807) is 12.1 Å². The first-order valence-corrected chi connectivity index (χ1v) is 10.3. The molecule has 6 nitrogen and oxygen atoms in total. The SMILES string of the molecule is Cc1ccc(S(=O)(=O)N2CC(NCCCc3csc(N)n3)C2)cc1. The molecule has 1 aromatic carbocycles. The fraction of sp³-hybridized carbons (Fsp3) is 0.438. The molecule has 0 atom stereocenters. The monoisotopic (exact) mass is 366 g/mol. The molecule has 1 saturated heterocycles. The summed E-state index contributed by atoms with van der Waals surface area (Å²) < 4.78 is 26.5. The number of benzene rings is 1. The van der Waals surface area contributed by atoms with Crippen LogP contribution in [0.15, 0.2) is 34.5 Å². The summed E-state index contributed by atoms with van der Waals surface area (Å²) in [4.78, 5) is 4.59. The first-order chi connectivity index (χ1) is 11.4. The average molecular weight is 367 g/mol. The summed E-state index contributed by atoms with van der Waals surface area (Å²) in [5, 5.41) is 5.98. The Balaban J connectivity index is 1.41. The van der Waals surface area contributed by atoms with Crippen molar-refractivity contribution in [3.8, 4) is 0 Å². The van der Waals surface area contributed by atoms with E-state index in [1.165, 1.54) is 15.6 Å². The molecule has 1 aliphatic rings. The van der Waals surface area contributed by atoms with E-state index in [0.29, 0.717) is 23.1 Å². The second kappa shape index (κ2) is 7.18. The summed E-state index contributed by atoms with van der Waals surface area (Å²) in [7, 11) is -3.35. The van der Waals surface area contributed by atoms with Crippen LogP contribution in [0.25, 0.3) is 0 Å². The van der Waals surface area contributed by atoms with Gasteiger partial charge in [-0.05, 0) is 38.4 Å². The minimum atomic E-state index is -3.35. The molecule has 0 radical (unpaired) electrons. The Bertz CT molecular complexity index is 781. The molecule has 3 rings (SSSR count). The molecule has 0 bridgehead atoms. The third kappa shape index (κ3) is 3.94. The molecule has 0 saturated carbocycles. The van der Waals surface area contributed by atoms with E-state index in [1.807, 2.05) is 24.4 Å². The predicted octanol–water partition coefficient (Wildman–Crippen LogP) is 1.63. The standard InChI is InChI=1S/C16H22N4O2S2/c1-12-4-6-15(7-5-12)24(21,22)20-9-14(10-20)18-8-2-3-13-11-23-16(17)19-13/h4-7,11,14,18H,2-3,8-10H2,1H3,(H2,17,19). The highest BCUT2D eigenvalue weighted by Gasteiger charge is 2.36. The van der Waals surface area contributed by atoms with Crippen LogP contribution in [0.1, 0.15) is 17.7 Å². The molecule has 1 fully saturated rings. The van der Waals surface area contributed by atoms with Crippen molar-refractivity contribution in [1.82, 2.24) is 14.6 Å². The highest BCUT2D eigenvalue weighted by molar-refractivity contribution is 7.89. The lowest BCUT2D eigenvalue weighted by Gasteiger charge is -2.38. The molecular weight excluding hydrogens is 344 g/mol. The van der Waals surface area contributed by atoms with Crippen molar-refractivity contribution in [3.63, 3.8) is 0 Å². The highest BCUT2D eigenvalue weighted by Crippen LogP contribution is 2.22. The lowest BCUT2D eigenvalue weighted by molar-refractivity contribution is 0.227. The zero-order valence-electron chi connectivity index (χ0n) is 13.6. The summed E-state index contributed by atoms with van der Waals surface area (Å²) >= 11 is 1.46. The van der Waals surface area contributed by atoms with Gasteiger partial charge in [-0.25, -0.2) is 13.4 Å². The van der Waals surface area contributed by atoms with Crippen molar-refractivity contribution in [2.24, 2.45) is 0 Å². The van der Waals surface area contributed by atoms with Gasteiger partial charge < -0.3 is 11.1 Å². The fourth-order valence-electron chi connectivity index (χ4n) is 2.64. The number of nitrogens with one attached hydrogen (secondary N) is 1. The van der Waals surface area contributed by atoms with Crippen LogP contribution in [0, 0.1) is 6.92 Å². The van der Waals surface area contributed by atoms with E-state index in [2.05, 4.69) is 10.3 Å². The summed E-state index contributed by atoms with van der Waals surface area (Å²) in [6, 6.07) is 7.22. The van der Waals surface area contributed by atoms with Crippen LogP contribution in [0.5, 0.6) is 0 Å². The molecule has 0 amide bonds. The van der Waals surface area contributed by atoms with Gasteiger partial charge in [0.15, 0.2) is 5.13 Å². The van der Waals surface area contributed by atoms with E-state index in [4.69, 9.17) is 5.73 Å². The summed E-state index contributed by atoms with van der Waals surface area (Å²) in [5.41, 5.74) is 7.68. The molecular formula is C16H22N4O2S2. The van der Waals surface area contributed by atoms with Gasteiger partial charge in [0.25, 0.3) is 0 Å². The lowest BCUT2D eigenvalue weighted by atomic mass is 10.1. The van der Waals surface area contributed by atoms with Gasteiger partial charge >= 0.3 is 0 Å². The number of thiazole rings is 1. The maximum atomic E-state index is 12.5. The van der Waals surface area contributed by atoms with E-state index in [0.717, 1.165) is 30.6 Å². The molecule has 2 aromatic rings. The van der Waals surface area contributed by atoms with Gasteiger partial charge in [0, 0.05) is 24.5 Å². The van der Waals surface area contributed by atoms with Gasteiger partial charge in [-0.15, -0.1) is 11.3 Å². The zero-order valence-corrected chi connectivity index (χ0v) is 15.2. The van der Waals surface area contributed by atoms with Crippen molar-refractivity contribution < 1.29 is 8.42 Å². The molecule has 0 spiro atoms. The number of anilines is 1. The van der Waals surface area contributed by atoms with Crippen molar-refractivity contribution in [2.45, 2.75) is 30.7 Å². The Morgan fingerprint density at radius 1 is 1.33 bits per heavy atom. The lowest BCUT2D eigenvalue weighted by Crippen LogP contribution is -2.59. The zero-order chi connectivity index (χ0) is 17.2. The number of sulfonamides is 1. The molecule has 0 aliphatic carbocycles. The normalized spacial score (nSPS) is 16.2. The Morgan fingerprint density at radius 3 is 2.67 bits per heavy atom. The number of nitrogens with zero attached hydrogens (tertiary/aromatic N) is 2. The molecule has 130 valence electrons. The number of aromatic nitrogens is 1. The number of nitrogens with two attached hydrogens (primary N) is 1. The molecule has 1 aliphatic heterocycles. The molecule has 0 unspecified atom stereocenters. The molecule has 8 heteroatoms. The Hall–Kier alpha value is -1.48. The van der Waals surface area contributed by atoms with Crippen molar-refractivity contribution in [2.75, 3.05) is 25.4 Å². The van der Waals surface area contributed by atoms with Crippen LogP contribution in [0.3, 0.4) is 0 Å². The van der Waals surface area contributed by atoms with Crippen molar-refractivity contribution in [3.05, 3.63) is 40.9 Å². The summed E-state index contributed by atoms with van der Waals surface area (Å²) in [6.45, 7) is 3.85. The van der Waals surface area contributed by atoms with Crippen LogP contribution in [-0.2, 0) is 16.4 Å². The molecule has 3 N–H and O–H groups in total.